The molecule has 0 bridgehead atoms. The number of nitriles is 1. The Labute approximate surface area is 110 Å². The molecule has 1 unspecified atom stereocenters. The minimum atomic E-state index is 0.194. The molecule has 18 heavy (non-hydrogen) atoms. The molecule has 1 aliphatic rings. The standard InChI is InChI=1S/C12H16N4OS/c1-9-8-16(4-5-17-9)12(14)15-7-11-3-2-10(6-13)18-11/h2-3,9H,4-5,7-8H2,1H3,(H2,14,15). The van der Waals surface area contributed by atoms with E-state index in [1.807, 2.05) is 24.0 Å². The molecule has 0 amide bonds. The lowest BCUT2D eigenvalue weighted by Gasteiger charge is -2.31. The third-order valence-corrected chi connectivity index (χ3v) is 3.71. The molecule has 0 aromatic carbocycles. The number of hydrogen-bond donors (Lipinski definition) is 1. The van der Waals surface area contributed by atoms with Crippen molar-refractivity contribution >= 4 is 17.3 Å². The predicted octanol–water partition coefficient (Wildman–Crippen LogP) is 1.16. The van der Waals surface area contributed by atoms with Crippen molar-refractivity contribution in [1.29, 1.82) is 5.26 Å². The van der Waals surface area contributed by atoms with Crippen molar-refractivity contribution in [2.75, 3.05) is 19.7 Å². The highest BCUT2D eigenvalue weighted by atomic mass is 32.1. The molecule has 0 spiro atoms. The van der Waals surface area contributed by atoms with E-state index in [9.17, 15) is 0 Å². The maximum absolute atomic E-state index is 8.74. The first kappa shape index (κ1) is 12.9. The van der Waals surface area contributed by atoms with E-state index in [0.29, 0.717) is 24.0 Å². The summed E-state index contributed by atoms with van der Waals surface area (Å²) >= 11 is 1.46. The van der Waals surface area contributed by atoms with Crippen LogP contribution >= 0.6 is 11.3 Å². The van der Waals surface area contributed by atoms with Crippen LogP contribution in [0.1, 0.15) is 16.7 Å². The van der Waals surface area contributed by atoms with E-state index in [0.717, 1.165) is 18.0 Å². The quantitative estimate of drug-likeness (QED) is 0.642. The third-order valence-electron chi connectivity index (χ3n) is 2.73. The second-order valence-corrected chi connectivity index (χ2v) is 5.35. The number of rotatable bonds is 2. The monoisotopic (exact) mass is 264 g/mol. The lowest BCUT2D eigenvalue weighted by atomic mass is 10.3. The Morgan fingerprint density at radius 3 is 3.22 bits per heavy atom. The lowest BCUT2D eigenvalue weighted by molar-refractivity contribution is 0.00529. The maximum atomic E-state index is 8.74. The molecule has 2 rings (SSSR count). The zero-order valence-electron chi connectivity index (χ0n) is 10.3. The first-order chi connectivity index (χ1) is 8.69. The van der Waals surface area contributed by atoms with Crippen LogP contribution in [-0.4, -0.2) is 36.7 Å². The molecular weight excluding hydrogens is 248 g/mol. The fraction of sp³-hybridized carbons (Fsp3) is 0.500. The van der Waals surface area contributed by atoms with Gasteiger partial charge in [0, 0.05) is 18.0 Å². The minimum absolute atomic E-state index is 0.194. The van der Waals surface area contributed by atoms with Crippen molar-refractivity contribution in [3.63, 3.8) is 0 Å². The van der Waals surface area contributed by atoms with Gasteiger partial charge < -0.3 is 15.4 Å². The summed E-state index contributed by atoms with van der Waals surface area (Å²) < 4.78 is 5.45. The largest absolute Gasteiger partial charge is 0.375 e. The zero-order chi connectivity index (χ0) is 13.0. The Morgan fingerprint density at radius 1 is 1.72 bits per heavy atom. The molecule has 1 aromatic heterocycles. The van der Waals surface area contributed by atoms with E-state index in [-0.39, 0.29) is 6.10 Å². The van der Waals surface area contributed by atoms with Crippen LogP contribution in [0.5, 0.6) is 0 Å². The van der Waals surface area contributed by atoms with Gasteiger partial charge in [-0.15, -0.1) is 11.3 Å². The SMILES string of the molecule is CC1CN(C(N)=NCc2ccc(C#N)s2)CCO1. The smallest absolute Gasteiger partial charge is 0.191 e. The average molecular weight is 264 g/mol. The van der Waals surface area contributed by atoms with Gasteiger partial charge >= 0.3 is 0 Å². The summed E-state index contributed by atoms with van der Waals surface area (Å²) in [5, 5.41) is 8.74. The molecule has 5 nitrogen and oxygen atoms in total. The molecule has 1 fully saturated rings. The number of nitrogens with two attached hydrogens (primary N) is 1. The van der Waals surface area contributed by atoms with Gasteiger partial charge in [0.25, 0.3) is 0 Å². The molecule has 0 saturated carbocycles. The summed E-state index contributed by atoms with van der Waals surface area (Å²) in [7, 11) is 0. The first-order valence-corrected chi connectivity index (χ1v) is 6.66. The van der Waals surface area contributed by atoms with Crippen molar-refractivity contribution in [2.45, 2.75) is 19.6 Å². The van der Waals surface area contributed by atoms with Crippen molar-refractivity contribution in [1.82, 2.24) is 4.90 Å². The molecule has 0 radical (unpaired) electrons. The van der Waals surface area contributed by atoms with Crippen LogP contribution in [0.15, 0.2) is 17.1 Å². The molecule has 2 N–H and O–H groups in total. The average Bonchev–Trinajstić information content (AvgIpc) is 2.84. The van der Waals surface area contributed by atoms with Crippen molar-refractivity contribution in [3.05, 3.63) is 21.9 Å². The first-order valence-electron chi connectivity index (χ1n) is 5.84. The normalized spacial score (nSPS) is 20.8. The fourth-order valence-corrected chi connectivity index (χ4v) is 2.54. The summed E-state index contributed by atoms with van der Waals surface area (Å²) in [4.78, 5) is 8.16. The predicted molar refractivity (Wildman–Crippen MR) is 71.3 cm³/mol. The van der Waals surface area contributed by atoms with Crippen molar-refractivity contribution in [2.24, 2.45) is 10.7 Å². The van der Waals surface area contributed by atoms with Gasteiger partial charge in [-0.25, -0.2) is 4.99 Å². The Bertz CT molecular complexity index is 477. The third kappa shape index (κ3) is 3.22. The van der Waals surface area contributed by atoms with E-state index in [1.165, 1.54) is 11.3 Å². The Hall–Kier alpha value is -1.58. The maximum Gasteiger partial charge on any atom is 0.191 e. The van der Waals surface area contributed by atoms with Gasteiger partial charge in [0.2, 0.25) is 0 Å². The van der Waals surface area contributed by atoms with E-state index in [2.05, 4.69) is 11.1 Å². The summed E-state index contributed by atoms with van der Waals surface area (Å²) in [5.41, 5.74) is 5.96. The molecule has 1 aliphatic heterocycles. The van der Waals surface area contributed by atoms with E-state index < -0.39 is 0 Å². The summed E-state index contributed by atoms with van der Waals surface area (Å²) in [5.74, 6) is 0.553. The highest BCUT2D eigenvalue weighted by Gasteiger charge is 2.17. The van der Waals surface area contributed by atoms with Gasteiger partial charge in [-0.2, -0.15) is 5.26 Å². The van der Waals surface area contributed by atoms with E-state index in [1.54, 1.807) is 0 Å². The van der Waals surface area contributed by atoms with E-state index >= 15 is 0 Å². The highest BCUT2D eigenvalue weighted by molar-refractivity contribution is 7.12. The molecule has 1 atom stereocenters. The van der Waals surface area contributed by atoms with Crippen LogP contribution in [-0.2, 0) is 11.3 Å². The van der Waals surface area contributed by atoms with Crippen molar-refractivity contribution in [3.8, 4) is 6.07 Å². The topological polar surface area (TPSA) is 74.6 Å². The second kappa shape index (κ2) is 5.85. The molecule has 96 valence electrons. The van der Waals surface area contributed by atoms with Gasteiger partial charge in [0.1, 0.15) is 10.9 Å². The van der Waals surface area contributed by atoms with Crippen LogP contribution in [0, 0.1) is 11.3 Å². The van der Waals surface area contributed by atoms with Crippen molar-refractivity contribution < 1.29 is 4.74 Å². The van der Waals surface area contributed by atoms with Crippen LogP contribution < -0.4 is 5.73 Å². The Kier molecular flexibility index (Phi) is 4.18. The number of morpholine rings is 1. The number of ether oxygens (including phenoxy) is 1. The highest BCUT2D eigenvalue weighted by Crippen LogP contribution is 2.16. The fourth-order valence-electron chi connectivity index (χ4n) is 1.81. The van der Waals surface area contributed by atoms with Crippen LogP contribution in [0.4, 0.5) is 0 Å². The number of aliphatic imine (C=N–C) groups is 1. The number of hydrogen-bond acceptors (Lipinski definition) is 4. The molecule has 1 aromatic rings. The van der Waals surface area contributed by atoms with E-state index in [4.69, 9.17) is 15.7 Å². The van der Waals surface area contributed by atoms with Crippen LogP contribution in [0.25, 0.3) is 0 Å². The number of guanidine groups is 1. The van der Waals surface area contributed by atoms with Gasteiger partial charge in [0.05, 0.1) is 19.3 Å². The molecule has 1 saturated heterocycles. The Balaban J connectivity index is 1.94. The number of nitrogens with zero attached hydrogens (tertiary/aromatic N) is 3. The zero-order valence-corrected chi connectivity index (χ0v) is 11.1. The lowest BCUT2D eigenvalue weighted by Crippen LogP contribution is -2.47. The van der Waals surface area contributed by atoms with Gasteiger partial charge in [0.15, 0.2) is 5.96 Å². The number of thiophene rings is 1. The summed E-state index contributed by atoms with van der Waals surface area (Å²) in [6.07, 6.45) is 0.194. The summed E-state index contributed by atoms with van der Waals surface area (Å²) in [6.45, 7) is 4.81. The van der Waals surface area contributed by atoms with Gasteiger partial charge in [-0.1, -0.05) is 0 Å². The Morgan fingerprint density at radius 2 is 2.56 bits per heavy atom. The molecule has 0 aliphatic carbocycles. The molecular formula is C12H16N4OS. The van der Waals surface area contributed by atoms with Gasteiger partial charge in [-0.3, -0.25) is 0 Å². The molecule has 6 heteroatoms. The summed E-state index contributed by atoms with van der Waals surface area (Å²) in [6, 6.07) is 5.84. The minimum Gasteiger partial charge on any atom is -0.375 e. The van der Waals surface area contributed by atoms with Crippen LogP contribution in [0.3, 0.4) is 0 Å². The van der Waals surface area contributed by atoms with Crippen LogP contribution in [0.2, 0.25) is 0 Å². The molecule has 2 heterocycles. The second-order valence-electron chi connectivity index (χ2n) is 4.18. The van der Waals surface area contributed by atoms with Gasteiger partial charge in [-0.05, 0) is 19.1 Å².